The molecule has 0 radical (unpaired) electrons. The third kappa shape index (κ3) is 7.38. The van der Waals surface area contributed by atoms with Gasteiger partial charge >= 0.3 is 0 Å². The minimum atomic E-state index is -0.586. The fourth-order valence-electron chi connectivity index (χ4n) is 6.29. The van der Waals surface area contributed by atoms with Crippen LogP contribution in [0.15, 0.2) is 48.9 Å². The first-order valence-electron chi connectivity index (χ1n) is 15.5. The number of benzene rings is 1. The van der Waals surface area contributed by atoms with Crippen molar-refractivity contribution in [3.05, 3.63) is 66.0 Å². The number of nitrogens with one attached hydrogen (secondary N) is 2. The number of amides is 3. The third-order valence-electron chi connectivity index (χ3n) is 8.93. The van der Waals surface area contributed by atoms with Crippen LogP contribution in [0, 0.1) is 11.7 Å². The molecule has 5 rings (SSSR count). The van der Waals surface area contributed by atoms with Gasteiger partial charge in [-0.15, -0.1) is 0 Å². The number of hydrogen-bond donors (Lipinski definition) is 2. The number of carbonyl (C=O) groups excluding carboxylic acids is 3. The second kappa shape index (κ2) is 14.1. The van der Waals surface area contributed by atoms with Crippen LogP contribution in [0.25, 0.3) is 5.78 Å². The van der Waals surface area contributed by atoms with Crippen molar-refractivity contribution in [2.75, 3.05) is 26.7 Å². The topological polar surface area (TPSA) is 112 Å². The summed E-state index contributed by atoms with van der Waals surface area (Å²) in [6.45, 7) is 3.09. The quantitative estimate of drug-likeness (QED) is 0.354. The number of hydrogen-bond acceptors (Lipinski definition) is 6. The van der Waals surface area contributed by atoms with E-state index in [4.69, 9.17) is 0 Å². The molecule has 0 bridgehead atoms. The van der Waals surface area contributed by atoms with E-state index in [-0.39, 0.29) is 41.2 Å². The molecule has 3 unspecified atom stereocenters. The van der Waals surface area contributed by atoms with E-state index in [2.05, 4.69) is 20.6 Å². The number of aromatic nitrogens is 3. The SMILES string of the molecule is CNC(C)C(=O)NC(C(=O)N1CCCC1CN(CCc1ccc(F)cc1)C(=O)c1cn2cccnc2n1)C1CCCCC1. The molecule has 1 aliphatic heterocycles. The van der Waals surface area contributed by atoms with Crippen molar-refractivity contribution in [3.63, 3.8) is 0 Å². The Morgan fingerprint density at radius 2 is 1.86 bits per heavy atom. The summed E-state index contributed by atoms with van der Waals surface area (Å²) in [6.07, 6.45) is 12.3. The van der Waals surface area contributed by atoms with E-state index in [1.807, 2.05) is 4.90 Å². The standard InChI is InChI=1S/C32H42FN7O3/c1-22(34-2)29(41)37-28(24-8-4-3-5-9-24)31(43)40-18-6-10-26(40)20-38(19-15-23-11-13-25(33)14-12-23)30(42)27-21-39-17-7-16-35-32(39)36-27/h7,11-14,16-17,21-22,24,26,28,34H,3-6,8-10,15,18-20H2,1-2H3,(H,37,41). The number of fused-ring (bicyclic) bond motifs is 1. The Bertz CT molecular complexity index is 1370. The Balaban J connectivity index is 1.36. The molecule has 11 heteroatoms. The van der Waals surface area contributed by atoms with Gasteiger partial charge in [0.15, 0.2) is 0 Å². The van der Waals surface area contributed by atoms with Gasteiger partial charge in [-0.2, -0.15) is 0 Å². The van der Waals surface area contributed by atoms with Crippen molar-refractivity contribution in [1.29, 1.82) is 0 Å². The molecule has 230 valence electrons. The summed E-state index contributed by atoms with van der Waals surface area (Å²) in [5.41, 5.74) is 1.19. The summed E-state index contributed by atoms with van der Waals surface area (Å²) in [7, 11) is 1.73. The number of nitrogens with zero attached hydrogens (tertiary/aromatic N) is 5. The lowest BCUT2D eigenvalue weighted by Gasteiger charge is -2.37. The highest BCUT2D eigenvalue weighted by Gasteiger charge is 2.39. The third-order valence-corrected chi connectivity index (χ3v) is 8.93. The van der Waals surface area contributed by atoms with E-state index < -0.39 is 12.1 Å². The maximum atomic E-state index is 14.2. The van der Waals surface area contributed by atoms with Gasteiger partial charge in [-0.3, -0.25) is 18.8 Å². The number of likely N-dealkylation sites (N-methyl/N-ethyl adjacent to an activating group) is 1. The molecule has 2 aromatic heterocycles. The minimum absolute atomic E-state index is 0.0612. The molecule has 0 spiro atoms. The van der Waals surface area contributed by atoms with Crippen LogP contribution in [0.3, 0.4) is 0 Å². The highest BCUT2D eigenvalue weighted by atomic mass is 19.1. The van der Waals surface area contributed by atoms with E-state index in [1.165, 1.54) is 12.1 Å². The first-order chi connectivity index (χ1) is 20.8. The monoisotopic (exact) mass is 591 g/mol. The van der Waals surface area contributed by atoms with Gasteiger partial charge < -0.3 is 20.4 Å². The van der Waals surface area contributed by atoms with Crippen LogP contribution in [0.2, 0.25) is 0 Å². The number of rotatable bonds is 11. The second-order valence-corrected chi connectivity index (χ2v) is 11.8. The molecule has 3 atom stereocenters. The van der Waals surface area contributed by atoms with Crippen LogP contribution < -0.4 is 10.6 Å². The summed E-state index contributed by atoms with van der Waals surface area (Å²) < 4.78 is 15.2. The molecule has 1 aromatic carbocycles. The van der Waals surface area contributed by atoms with Crippen molar-refractivity contribution >= 4 is 23.5 Å². The molecule has 3 aromatic rings. The normalized spacial score (nSPS) is 18.9. The number of imidazole rings is 1. The molecule has 2 fully saturated rings. The van der Waals surface area contributed by atoms with Crippen molar-refractivity contribution < 1.29 is 18.8 Å². The van der Waals surface area contributed by atoms with E-state index in [9.17, 15) is 18.8 Å². The van der Waals surface area contributed by atoms with Gasteiger partial charge in [-0.05, 0) is 75.8 Å². The molecule has 3 amide bonds. The Kier molecular flexibility index (Phi) is 10.0. The molecule has 43 heavy (non-hydrogen) atoms. The summed E-state index contributed by atoms with van der Waals surface area (Å²) in [5.74, 6) is -0.265. The Morgan fingerprint density at radius 1 is 1.09 bits per heavy atom. The van der Waals surface area contributed by atoms with Crippen LogP contribution in [0.4, 0.5) is 4.39 Å². The van der Waals surface area contributed by atoms with Crippen LogP contribution in [0.1, 0.15) is 67.9 Å². The first kappa shape index (κ1) is 30.6. The molecule has 3 heterocycles. The summed E-state index contributed by atoms with van der Waals surface area (Å²) in [4.78, 5) is 53.3. The van der Waals surface area contributed by atoms with Crippen LogP contribution in [-0.4, -0.2) is 86.7 Å². The van der Waals surface area contributed by atoms with Gasteiger partial charge in [0.2, 0.25) is 17.6 Å². The largest absolute Gasteiger partial charge is 0.343 e. The average Bonchev–Trinajstić information content (AvgIpc) is 3.69. The molecular formula is C32H42FN7O3. The fraction of sp³-hybridized carbons (Fsp3) is 0.531. The molecular weight excluding hydrogens is 549 g/mol. The Morgan fingerprint density at radius 3 is 2.58 bits per heavy atom. The van der Waals surface area contributed by atoms with Crippen LogP contribution in [0.5, 0.6) is 0 Å². The molecule has 1 saturated heterocycles. The maximum Gasteiger partial charge on any atom is 0.274 e. The van der Waals surface area contributed by atoms with Crippen molar-refractivity contribution in [1.82, 2.24) is 34.8 Å². The average molecular weight is 592 g/mol. The van der Waals surface area contributed by atoms with E-state index in [1.54, 1.807) is 60.1 Å². The van der Waals surface area contributed by atoms with Gasteiger partial charge in [-0.1, -0.05) is 31.4 Å². The van der Waals surface area contributed by atoms with Crippen molar-refractivity contribution in [2.45, 2.75) is 76.4 Å². The minimum Gasteiger partial charge on any atom is -0.343 e. The summed E-state index contributed by atoms with van der Waals surface area (Å²) in [5, 5.41) is 6.05. The van der Waals surface area contributed by atoms with Gasteiger partial charge in [0.1, 0.15) is 17.6 Å². The zero-order chi connectivity index (χ0) is 30.3. The second-order valence-electron chi connectivity index (χ2n) is 11.8. The maximum absolute atomic E-state index is 14.2. The highest BCUT2D eigenvalue weighted by Crippen LogP contribution is 2.30. The first-order valence-corrected chi connectivity index (χ1v) is 15.5. The predicted octanol–water partition coefficient (Wildman–Crippen LogP) is 3.22. The molecule has 1 saturated carbocycles. The lowest BCUT2D eigenvalue weighted by Crippen LogP contribution is -2.57. The van der Waals surface area contributed by atoms with Gasteiger partial charge in [-0.25, -0.2) is 14.4 Å². The Labute approximate surface area is 252 Å². The lowest BCUT2D eigenvalue weighted by atomic mass is 9.83. The predicted molar refractivity (Wildman–Crippen MR) is 161 cm³/mol. The molecule has 1 aliphatic carbocycles. The zero-order valence-corrected chi connectivity index (χ0v) is 25.0. The smallest absolute Gasteiger partial charge is 0.274 e. The van der Waals surface area contributed by atoms with Crippen molar-refractivity contribution in [3.8, 4) is 0 Å². The van der Waals surface area contributed by atoms with E-state index in [0.717, 1.165) is 50.5 Å². The van der Waals surface area contributed by atoms with E-state index >= 15 is 0 Å². The lowest BCUT2D eigenvalue weighted by molar-refractivity contribution is -0.139. The fourth-order valence-corrected chi connectivity index (χ4v) is 6.29. The number of likely N-dealkylation sites (tertiary alicyclic amines) is 1. The summed E-state index contributed by atoms with van der Waals surface area (Å²) >= 11 is 0. The summed E-state index contributed by atoms with van der Waals surface area (Å²) in [6, 6.07) is 6.87. The molecule has 2 aliphatic rings. The molecule has 2 N–H and O–H groups in total. The van der Waals surface area contributed by atoms with Gasteiger partial charge in [0.25, 0.3) is 5.91 Å². The van der Waals surface area contributed by atoms with E-state index in [0.29, 0.717) is 31.8 Å². The van der Waals surface area contributed by atoms with Crippen LogP contribution >= 0.6 is 0 Å². The van der Waals surface area contributed by atoms with Gasteiger partial charge in [0, 0.05) is 44.3 Å². The van der Waals surface area contributed by atoms with Gasteiger partial charge in [0.05, 0.1) is 6.04 Å². The molecule has 10 nitrogen and oxygen atoms in total. The highest BCUT2D eigenvalue weighted by molar-refractivity contribution is 5.93. The number of carbonyl (C=O) groups is 3. The van der Waals surface area contributed by atoms with Crippen LogP contribution in [-0.2, 0) is 16.0 Å². The Hall–Kier alpha value is -3.86. The van der Waals surface area contributed by atoms with Crippen molar-refractivity contribution in [2.24, 2.45) is 5.92 Å². The zero-order valence-electron chi connectivity index (χ0n) is 25.0. The number of halogens is 1.